The normalized spacial score (nSPS) is 18.2. The van der Waals surface area contributed by atoms with Crippen LogP contribution < -0.4 is 5.32 Å². The standard InChI is InChI=1S/C24H37N3O4S/c1-17(2)27(32(6,30)31)14-12-20(21-9-7-8-10-23(21)25-5)11-13-26-15-18(3)19(4)22(16-28)24(26)29/h7-11,17-18,25,28H,12-16H2,1-6H3/b20-11+/t18-/m1/s1. The molecule has 0 aliphatic carbocycles. The molecular weight excluding hydrogens is 426 g/mol. The first-order valence-electron chi connectivity index (χ1n) is 11.0. The van der Waals surface area contributed by atoms with Crippen molar-refractivity contribution in [1.82, 2.24) is 9.21 Å². The van der Waals surface area contributed by atoms with Gasteiger partial charge in [0.25, 0.3) is 5.91 Å². The Morgan fingerprint density at radius 2 is 2.00 bits per heavy atom. The van der Waals surface area contributed by atoms with Gasteiger partial charge in [-0.15, -0.1) is 0 Å². The average Bonchev–Trinajstić information content (AvgIpc) is 2.73. The summed E-state index contributed by atoms with van der Waals surface area (Å²) in [6.45, 7) is 8.77. The van der Waals surface area contributed by atoms with Gasteiger partial charge in [0.1, 0.15) is 0 Å². The summed E-state index contributed by atoms with van der Waals surface area (Å²) in [5, 5.41) is 12.9. The number of hydrogen-bond donors (Lipinski definition) is 2. The van der Waals surface area contributed by atoms with Gasteiger partial charge < -0.3 is 15.3 Å². The minimum Gasteiger partial charge on any atom is -0.391 e. The summed E-state index contributed by atoms with van der Waals surface area (Å²) in [6.07, 6.45) is 3.76. The molecule has 0 saturated carbocycles. The van der Waals surface area contributed by atoms with Crippen LogP contribution in [0.25, 0.3) is 5.57 Å². The molecule has 0 radical (unpaired) electrons. The lowest BCUT2D eigenvalue weighted by molar-refractivity contribution is -0.128. The van der Waals surface area contributed by atoms with E-state index in [1.54, 1.807) is 4.90 Å². The lowest BCUT2D eigenvalue weighted by atomic mass is 9.92. The Kier molecular flexibility index (Phi) is 9.07. The number of carbonyl (C=O) groups is 1. The molecule has 7 nitrogen and oxygen atoms in total. The Hall–Kier alpha value is -2.16. The van der Waals surface area contributed by atoms with Crippen molar-refractivity contribution >= 4 is 27.2 Å². The number of anilines is 1. The largest absolute Gasteiger partial charge is 0.391 e. The molecule has 1 aliphatic heterocycles. The minimum absolute atomic E-state index is 0.138. The van der Waals surface area contributed by atoms with Crippen LogP contribution in [0.4, 0.5) is 5.69 Å². The zero-order valence-corrected chi connectivity index (χ0v) is 20.9. The van der Waals surface area contributed by atoms with Gasteiger partial charge >= 0.3 is 0 Å². The van der Waals surface area contributed by atoms with E-state index in [2.05, 4.69) is 12.2 Å². The molecule has 0 aromatic heterocycles. The summed E-state index contributed by atoms with van der Waals surface area (Å²) >= 11 is 0. The van der Waals surface area contributed by atoms with Gasteiger partial charge in [-0.3, -0.25) is 4.79 Å². The highest BCUT2D eigenvalue weighted by molar-refractivity contribution is 7.88. The fourth-order valence-electron chi connectivity index (χ4n) is 4.14. The fraction of sp³-hybridized carbons (Fsp3) is 0.542. The first-order chi connectivity index (χ1) is 15.0. The van der Waals surface area contributed by atoms with Gasteiger partial charge in [-0.25, -0.2) is 8.42 Å². The Bertz CT molecular complexity index is 983. The van der Waals surface area contributed by atoms with Crippen LogP contribution in [0.2, 0.25) is 0 Å². The van der Waals surface area contributed by atoms with Gasteiger partial charge in [0, 0.05) is 49.5 Å². The van der Waals surface area contributed by atoms with Gasteiger partial charge in [-0.2, -0.15) is 4.31 Å². The number of rotatable bonds is 10. The van der Waals surface area contributed by atoms with E-state index in [0.717, 1.165) is 22.4 Å². The van der Waals surface area contributed by atoms with E-state index in [9.17, 15) is 18.3 Å². The number of para-hydroxylation sites is 1. The van der Waals surface area contributed by atoms with Crippen molar-refractivity contribution in [3.8, 4) is 0 Å². The van der Waals surface area contributed by atoms with E-state index in [1.807, 2.05) is 58.2 Å². The maximum absolute atomic E-state index is 12.9. The number of nitrogens with zero attached hydrogens (tertiary/aromatic N) is 2. The molecule has 32 heavy (non-hydrogen) atoms. The van der Waals surface area contributed by atoms with Crippen LogP contribution in [0.1, 0.15) is 39.7 Å². The topological polar surface area (TPSA) is 89.9 Å². The molecule has 0 unspecified atom stereocenters. The molecule has 1 aromatic carbocycles. The molecule has 8 heteroatoms. The van der Waals surface area contributed by atoms with Crippen LogP contribution >= 0.6 is 0 Å². The van der Waals surface area contributed by atoms with Gasteiger partial charge in [-0.05, 0) is 44.7 Å². The SMILES string of the molecule is CNc1ccccc1/C(=C/CN1C[C@@H](C)C(C)=C(CO)C1=O)CCN(C(C)C)S(C)(=O)=O. The third-order valence-corrected chi connectivity index (χ3v) is 7.57. The van der Waals surface area contributed by atoms with E-state index in [-0.39, 0.29) is 24.5 Å². The summed E-state index contributed by atoms with van der Waals surface area (Å²) in [5.41, 5.74) is 4.32. The molecule has 1 heterocycles. The lowest BCUT2D eigenvalue weighted by Gasteiger charge is -2.33. The summed E-state index contributed by atoms with van der Waals surface area (Å²) in [6, 6.07) is 7.73. The first kappa shape index (κ1) is 26.1. The third kappa shape index (κ3) is 6.21. The van der Waals surface area contributed by atoms with Gasteiger partial charge in [-0.1, -0.05) is 36.8 Å². The van der Waals surface area contributed by atoms with Crippen LogP contribution in [0, 0.1) is 5.92 Å². The molecule has 2 N–H and O–H groups in total. The van der Waals surface area contributed by atoms with Gasteiger partial charge in [0.2, 0.25) is 10.0 Å². The van der Waals surface area contributed by atoms with E-state index in [0.29, 0.717) is 31.6 Å². The molecule has 1 aromatic rings. The number of benzene rings is 1. The number of aliphatic hydroxyl groups excluding tert-OH is 1. The van der Waals surface area contributed by atoms with Crippen molar-refractivity contribution in [3.63, 3.8) is 0 Å². The Balaban J connectivity index is 2.37. The fourth-order valence-corrected chi connectivity index (χ4v) is 5.33. The number of nitrogens with one attached hydrogen (secondary N) is 1. The summed E-state index contributed by atoms with van der Waals surface area (Å²) in [4.78, 5) is 14.6. The third-order valence-electron chi connectivity index (χ3n) is 6.12. The molecule has 1 aliphatic rings. The second-order valence-electron chi connectivity index (χ2n) is 8.67. The van der Waals surface area contributed by atoms with Crippen LogP contribution in [0.15, 0.2) is 41.5 Å². The highest BCUT2D eigenvalue weighted by atomic mass is 32.2. The van der Waals surface area contributed by atoms with Gasteiger partial charge in [0.05, 0.1) is 12.9 Å². The lowest BCUT2D eigenvalue weighted by Crippen LogP contribution is -2.41. The number of aliphatic hydroxyl groups is 1. The minimum atomic E-state index is -3.33. The quantitative estimate of drug-likeness (QED) is 0.557. The van der Waals surface area contributed by atoms with Crippen LogP contribution in [-0.4, -0.2) is 74.2 Å². The molecule has 0 saturated heterocycles. The molecule has 1 amide bonds. The Labute approximate surface area is 192 Å². The summed E-state index contributed by atoms with van der Waals surface area (Å²) < 4.78 is 26.0. The maximum atomic E-state index is 12.9. The number of sulfonamides is 1. The van der Waals surface area contributed by atoms with Crippen molar-refractivity contribution in [2.75, 3.05) is 44.9 Å². The second kappa shape index (κ2) is 11.1. The Morgan fingerprint density at radius 3 is 2.56 bits per heavy atom. The highest BCUT2D eigenvalue weighted by Crippen LogP contribution is 2.28. The Morgan fingerprint density at radius 1 is 1.34 bits per heavy atom. The number of hydrogen-bond acceptors (Lipinski definition) is 5. The summed E-state index contributed by atoms with van der Waals surface area (Å²) in [7, 11) is -1.48. The van der Waals surface area contributed by atoms with Crippen molar-refractivity contribution in [2.24, 2.45) is 5.92 Å². The highest BCUT2D eigenvalue weighted by Gasteiger charge is 2.28. The molecular formula is C24H37N3O4S. The summed E-state index contributed by atoms with van der Waals surface area (Å²) in [5.74, 6) is 0.0403. The number of amides is 1. The predicted molar refractivity (Wildman–Crippen MR) is 131 cm³/mol. The van der Waals surface area contributed by atoms with Crippen LogP contribution in [-0.2, 0) is 14.8 Å². The van der Waals surface area contributed by atoms with Crippen LogP contribution in [0.5, 0.6) is 0 Å². The predicted octanol–water partition coefficient (Wildman–Crippen LogP) is 2.96. The molecule has 178 valence electrons. The first-order valence-corrected chi connectivity index (χ1v) is 12.9. The van der Waals surface area contributed by atoms with E-state index >= 15 is 0 Å². The number of carbonyl (C=O) groups excluding carboxylic acids is 1. The molecule has 0 bridgehead atoms. The van der Waals surface area contributed by atoms with Crippen molar-refractivity contribution in [2.45, 2.75) is 40.2 Å². The molecule has 1 atom stereocenters. The zero-order valence-electron chi connectivity index (χ0n) is 20.1. The van der Waals surface area contributed by atoms with Crippen molar-refractivity contribution in [3.05, 3.63) is 47.1 Å². The smallest absolute Gasteiger partial charge is 0.252 e. The van der Waals surface area contributed by atoms with E-state index in [4.69, 9.17) is 0 Å². The van der Waals surface area contributed by atoms with E-state index in [1.165, 1.54) is 10.6 Å². The average molecular weight is 464 g/mol. The van der Waals surface area contributed by atoms with Gasteiger partial charge in [0.15, 0.2) is 0 Å². The van der Waals surface area contributed by atoms with Crippen molar-refractivity contribution < 1.29 is 18.3 Å². The monoisotopic (exact) mass is 463 g/mol. The molecule has 0 spiro atoms. The zero-order chi connectivity index (χ0) is 24.1. The van der Waals surface area contributed by atoms with E-state index < -0.39 is 10.0 Å². The molecule has 2 rings (SSSR count). The van der Waals surface area contributed by atoms with Crippen molar-refractivity contribution in [1.29, 1.82) is 0 Å². The second-order valence-corrected chi connectivity index (χ2v) is 10.6. The van der Waals surface area contributed by atoms with Crippen LogP contribution in [0.3, 0.4) is 0 Å². The molecule has 0 fully saturated rings. The maximum Gasteiger partial charge on any atom is 0.252 e.